The summed E-state index contributed by atoms with van der Waals surface area (Å²) in [5.74, 6) is 1.49. The zero-order chi connectivity index (χ0) is 13.1. The summed E-state index contributed by atoms with van der Waals surface area (Å²) in [6.07, 6.45) is 4.14. The molecule has 1 fully saturated rings. The van der Waals surface area contributed by atoms with Gasteiger partial charge in [0.1, 0.15) is 5.82 Å². The van der Waals surface area contributed by atoms with Crippen LogP contribution in [-0.2, 0) is 0 Å². The molecule has 1 heterocycles. The van der Waals surface area contributed by atoms with E-state index in [4.69, 9.17) is 10.9 Å². The van der Waals surface area contributed by atoms with Crippen molar-refractivity contribution in [3.63, 3.8) is 0 Å². The summed E-state index contributed by atoms with van der Waals surface area (Å²) in [7, 11) is 0. The first-order valence-corrected chi connectivity index (χ1v) is 6.33. The molecule has 1 saturated carbocycles. The Hall–Kier alpha value is -1.78. The Bertz CT molecular complexity index is 440. The van der Waals surface area contributed by atoms with E-state index < -0.39 is 0 Å². The van der Waals surface area contributed by atoms with E-state index in [0.29, 0.717) is 17.5 Å². The number of pyridine rings is 1. The maximum absolute atomic E-state index is 8.85. The summed E-state index contributed by atoms with van der Waals surface area (Å²) < 4.78 is 0. The highest BCUT2D eigenvalue weighted by Crippen LogP contribution is 2.32. The summed E-state index contributed by atoms with van der Waals surface area (Å²) >= 11 is 0. The fourth-order valence-corrected chi connectivity index (χ4v) is 2.07. The average Bonchev–Trinajstić information content (AvgIpc) is 3.19. The van der Waals surface area contributed by atoms with Crippen LogP contribution in [0.1, 0.15) is 32.3 Å². The van der Waals surface area contributed by atoms with Gasteiger partial charge in [0, 0.05) is 18.8 Å². The van der Waals surface area contributed by atoms with Crippen LogP contribution in [0.4, 0.5) is 5.82 Å². The lowest BCUT2D eigenvalue weighted by Crippen LogP contribution is -2.33. The van der Waals surface area contributed by atoms with Crippen LogP contribution in [0.3, 0.4) is 0 Å². The molecule has 0 unspecified atom stereocenters. The lowest BCUT2D eigenvalue weighted by molar-refractivity contribution is 0.318. The van der Waals surface area contributed by atoms with Crippen molar-refractivity contribution in [1.29, 1.82) is 0 Å². The van der Waals surface area contributed by atoms with Gasteiger partial charge in [-0.15, -0.1) is 0 Å². The van der Waals surface area contributed by atoms with E-state index in [1.165, 1.54) is 12.8 Å². The van der Waals surface area contributed by atoms with E-state index in [2.05, 4.69) is 28.9 Å². The van der Waals surface area contributed by atoms with Gasteiger partial charge in [0.25, 0.3) is 0 Å². The molecule has 0 atom stereocenters. The Balaban J connectivity index is 2.34. The van der Waals surface area contributed by atoms with Crippen molar-refractivity contribution in [3.8, 4) is 0 Å². The predicted octanol–water partition coefficient (Wildman–Crippen LogP) is 1.80. The van der Waals surface area contributed by atoms with Crippen molar-refractivity contribution in [1.82, 2.24) is 4.98 Å². The molecule has 1 aromatic heterocycles. The molecule has 0 radical (unpaired) electrons. The molecule has 2 rings (SSSR count). The molecule has 3 N–H and O–H groups in total. The van der Waals surface area contributed by atoms with E-state index in [1.807, 2.05) is 6.07 Å². The molecule has 5 nitrogen and oxygen atoms in total. The van der Waals surface area contributed by atoms with Gasteiger partial charge in [-0.05, 0) is 30.9 Å². The molecule has 18 heavy (non-hydrogen) atoms. The van der Waals surface area contributed by atoms with E-state index in [9.17, 15) is 0 Å². The van der Waals surface area contributed by atoms with Crippen LogP contribution in [0.5, 0.6) is 0 Å². The minimum atomic E-state index is 0.118. The largest absolute Gasteiger partial charge is 0.409 e. The molecule has 0 bridgehead atoms. The number of oxime groups is 1. The van der Waals surface area contributed by atoms with Gasteiger partial charge in [-0.2, -0.15) is 0 Å². The van der Waals surface area contributed by atoms with Crippen molar-refractivity contribution in [3.05, 3.63) is 23.9 Å². The normalized spacial score (nSPS) is 16.1. The topological polar surface area (TPSA) is 74.7 Å². The number of aromatic nitrogens is 1. The molecular formula is C13H20N4O. The molecule has 0 aromatic carbocycles. The number of rotatable bonds is 5. The van der Waals surface area contributed by atoms with Gasteiger partial charge in [-0.3, -0.25) is 0 Å². The second-order valence-electron chi connectivity index (χ2n) is 5.14. The van der Waals surface area contributed by atoms with Crippen LogP contribution in [0, 0.1) is 5.92 Å². The Labute approximate surface area is 107 Å². The van der Waals surface area contributed by atoms with Crippen LogP contribution in [-0.4, -0.2) is 28.6 Å². The van der Waals surface area contributed by atoms with Gasteiger partial charge in [-0.1, -0.05) is 19.0 Å². The first-order valence-electron chi connectivity index (χ1n) is 6.33. The number of nitrogens with zero attached hydrogens (tertiary/aromatic N) is 3. The van der Waals surface area contributed by atoms with Crippen LogP contribution in [0.25, 0.3) is 0 Å². The third kappa shape index (κ3) is 2.72. The minimum Gasteiger partial charge on any atom is -0.409 e. The number of amidine groups is 1. The molecule has 98 valence electrons. The predicted molar refractivity (Wildman–Crippen MR) is 72.0 cm³/mol. The van der Waals surface area contributed by atoms with E-state index in [0.717, 1.165) is 12.4 Å². The van der Waals surface area contributed by atoms with Gasteiger partial charge in [0.15, 0.2) is 5.84 Å². The molecule has 0 amide bonds. The van der Waals surface area contributed by atoms with E-state index in [1.54, 1.807) is 12.3 Å². The van der Waals surface area contributed by atoms with Gasteiger partial charge >= 0.3 is 0 Å². The van der Waals surface area contributed by atoms with Crippen molar-refractivity contribution in [2.24, 2.45) is 16.8 Å². The van der Waals surface area contributed by atoms with Crippen LogP contribution >= 0.6 is 0 Å². The maximum atomic E-state index is 8.85. The minimum absolute atomic E-state index is 0.118. The first-order chi connectivity index (χ1) is 8.63. The highest BCUT2D eigenvalue weighted by Gasteiger charge is 2.32. The van der Waals surface area contributed by atoms with E-state index >= 15 is 0 Å². The zero-order valence-electron chi connectivity index (χ0n) is 10.9. The molecule has 0 aliphatic heterocycles. The number of anilines is 1. The zero-order valence-corrected chi connectivity index (χ0v) is 10.9. The second kappa shape index (κ2) is 5.25. The van der Waals surface area contributed by atoms with Crippen molar-refractivity contribution < 1.29 is 5.21 Å². The third-order valence-corrected chi connectivity index (χ3v) is 2.99. The highest BCUT2D eigenvalue weighted by molar-refractivity contribution is 6.01. The van der Waals surface area contributed by atoms with Gasteiger partial charge in [0.2, 0.25) is 0 Å². The average molecular weight is 248 g/mol. The molecule has 1 aromatic rings. The van der Waals surface area contributed by atoms with Gasteiger partial charge in [-0.25, -0.2) is 4.98 Å². The molecule has 5 heteroatoms. The SMILES string of the molecule is CC(C)CN(c1ncccc1/C(N)=N/O)C1CC1. The summed E-state index contributed by atoms with van der Waals surface area (Å²) in [6, 6.07) is 4.19. The van der Waals surface area contributed by atoms with Crippen molar-refractivity contribution in [2.75, 3.05) is 11.4 Å². The molecule has 0 spiro atoms. The number of hydrogen-bond acceptors (Lipinski definition) is 4. The van der Waals surface area contributed by atoms with Gasteiger partial charge in [0.05, 0.1) is 5.56 Å². The first kappa shape index (κ1) is 12.7. The fraction of sp³-hybridized carbons (Fsp3) is 0.538. The Morgan fingerprint density at radius 2 is 2.33 bits per heavy atom. The maximum Gasteiger partial charge on any atom is 0.173 e. The monoisotopic (exact) mass is 248 g/mol. The summed E-state index contributed by atoms with van der Waals surface area (Å²) in [5, 5.41) is 11.9. The number of nitrogens with two attached hydrogens (primary N) is 1. The van der Waals surface area contributed by atoms with Crippen LogP contribution < -0.4 is 10.6 Å². The van der Waals surface area contributed by atoms with Crippen LogP contribution in [0.2, 0.25) is 0 Å². The summed E-state index contributed by atoms with van der Waals surface area (Å²) in [6.45, 7) is 5.30. The Kier molecular flexibility index (Phi) is 3.69. The van der Waals surface area contributed by atoms with Crippen molar-refractivity contribution >= 4 is 11.7 Å². The van der Waals surface area contributed by atoms with E-state index in [-0.39, 0.29) is 5.84 Å². The van der Waals surface area contributed by atoms with Crippen molar-refractivity contribution in [2.45, 2.75) is 32.7 Å². The highest BCUT2D eigenvalue weighted by atomic mass is 16.4. The molecule has 1 aliphatic carbocycles. The number of hydrogen-bond donors (Lipinski definition) is 2. The quantitative estimate of drug-likeness (QED) is 0.360. The van der Waals surface area contributed by atoms with Gasteiger partial charge < -0.3 is 15.8 Å². The third-order valence-electron chi connectivity index (χ3n) is 2.99. The molecule has 1 aliphatic rings. The van der Waals surface area contributed by atoms with Crippen LogP contribution in [0.15, 0.2) is 23.5 Å². The smallest absolute Gasteiger partial charge is 0.173 e. The summed E-state index contributed by atoms with van der Waals surface area (Å²) in [5.41, 5.74) is 6.42. The second-order valence-corrected chi connectivity index (χ2v) is 5.14. The Morgan fingerprint density at radius 1 is 1.61 bits per heavy atom. The lowest BCUT2D eigenvalue weighted by Gasteiger charge is -2.27. The standard InChI is InChI=1S/C13H20N4O/c1-9(2)8-17(10-5-6-10)13-11(12(14)16-18)4-3-7-15-13/h3-4,7,9-10,18H,5-6,8H2,1-2H3,(H2,14,16). The lowest BCUT2D eigenvalue weighted by atomic mass is 10.1. The molecular weight excluding hydrogens is 228 g/mol. The molecule has 0 saturated heterocycles. The summed E-state index contributed by atoms with van der Waals surface area (Å²) in [4.78, 5) is 6.69. The Morgan fingerprint density at radius 3 is 2.89 bits per heavy atom. The fourth-order valence-electron chi connectivity index (χ4n) is 2.07.